The average Bonchev–Trinajstić information content (AvgIpc) is 3.06. The van der Waals surface area contributed by atoms with Gasteiger partial charge in [0.05, 0.1) is 11.1 Å². The van der Waals surface area contributed by atoms with E-state index in [4.69, 9.17) is 0 Å². The fourth-order valence-electron chi connectivity index (χ4n) is 3.25. The van der Waals surface area contributed by atoms with Crippen molar-refractivity contribution in [3.63, 3.8) is 0 Å². The average molecular weight is 431 g/mol. The molecule has 1 aromatic carbocycles. The van der Waals surface area contributed by atoms with E-state index in [1.165, 1.54) is 41.6 Å². The largest absolute Gasteiger partial charge is 0.354 e. The van der Waals surface area contributed by atoms with Crippen LogP contribution in [0.25, 0.3) is 21.3 Å². The predicted molar refractivity (Wildman–Crippen MR) is 112 cm³/mol. The van der Waals surface area contributed by atoms with Crippen molar-refractivity contribution in [1.82, 2.24) is 20.6 Å². The molecular formula is C20H19FN4O2S2. The fourth-order valence-corrected chi connectivity index (χ4v) is 5.05. The van der Waals surface area contributed by atoms with Crippen molar-refractivity contribution in [2.75, 3.05) is 12.3 Å². The van der Waals surface area contributed by atoms with Gasteiger partial charge in [-0.2, -0.15) is 0 Å². The molecule has 150 valence electrons. The zero-order valence-electron chi connectivity index (χ0n) is 15.5. The Kier molecular flexibility index (Phi) is 6.05. The number of thioether (sulfide) groups is 1. The van der Waals surface area contributed by atoms with Crippen LogP contribution in [0.15, 0.2) is 41.0 Å². The number of nitrogens with zero attached hydrogens (tertiary/aromatic N) is 2. The number of thiophene rings is 1. The first kappa shape index (κ1) is 19.8. The molecule has 29 heavy (non-hydrogen) atoms. The number of hydrogen-bond acceptors (Lipinski definition) is 6. The van der Waals surface area contributed by atoms with Crippen LogP contribution in [-0.2, 0) is 9.59 Å². The Morgan fingerprint density at radius 2 is 2.10 bits per heavy atom. The lowest BCUT2D eigenvalue weighted by molar-refractivity contribution is -0.127. The second-order valence-electron chi connectivity index (χ2n) is 6.71. The number of carbonyl (C=O) groups excluding carboxylic acids is 2. The number of aromatic nitrogens is 2. The maximum atomic E-state index is 13.3. The van der Waals surface area contributed by atoms with Gasteiger partial charge >= 0.3 is 0 Å². The highest BCUT2D eigenvalue weighted by Crippen LogP contribution is 2.37. The molecule has 3 heterocycles. The zero-order chi connectivity index (χ0) is 20.2. The Hall–Kier alpha value is -2.52. The van der Waals surface area contributed by atoms with Gasteiger partial charge in [0.1, 0.15) is 28.0 Å². The first-order chi connectivity index (χ1) is 14.1. The number of nitrogens with one attached hydrogen (secondary N) is 2. The summed E-state index contributed by atoms with van der Waals surface area (Å²) in [5, 5.41) is 9.15. The van der Waals surface area contributed by atoms with E-state index in [0.29, 0.717) is 18.0 Å². The van der Waals surface area contributed by atoms with Gasteiger partial charge in [-0.25, -0.2) is 14.4 Å². The Labute approximate surface area is 175 Å². The zero-order valence-corrected chi connectivity index (χ0v) is 17.1. The van der Waals surface area contributed by atoms with Crippen LogP contribution in [0.3, 0.4) is 0 Å². The summed E-state index contributed by atoms with van der Waals surface area (Å²) >= 11 is 2.79. The quantitative estimate of drug-likeness (QED) is 0.479. The van der Waals surface area contributed by atoms with Gasteiger partial charge in [-0.05, 0) is 37.0 Å². The third-order valence-corrected chi connectivity index (χ3v) is 6.58. The van der Waals surface area contributed by atoms with Crippen molar-refractivity contribution < 1.29 is 14.0 Å². The first-order valence-electron chi connectivity index (χ1n) is 9.30. The van der Waals surface area contributed by atoms with E-state index in [1.807, 2.05) is 5.38 Å². The van der Waals surface area contributed by atoms with Gasteiger partial charge in [-0.15, -0.1) is 11.3 Å². The molecule has 4 rings (SSSR count). The van der Waals surface area contributed by atoms with Crippen molar-refractivity contribution >= 4 is 45.1 Å². The van der Waals surface area contributed by atoms with Crippen molar-refractivity contribution in [1.29, 1.82) is 0 Å². The Bertz CT molecular complexity index is 1040. The van der Waals surface area contributed by atoms with E-state index in [1.54, 1.807) is 12.1 Å². The predicted octanol–water partition coefficient (Wildman–Crippen LogP) is 3.37. The lowest BCUT2D eigenvalue weighted by atomic mass is 10.1. The molecule has 0 saturated carbocycles. The lowest BCUT2D eigenvalue weighted by Crippen LogP contribution is -2.46. The van der Waals surface area contributed by atoms with Crippen LogP contribution in [-0.4, -0.2) is 40.1 Å². The van der Waals surface area contributed by atoms with Crippen molar-refractivity contribution in [3.05, 3.63) is 41.8 Å². The Balaban J connectivity index is 1.50. The minimum Gasteiger partial charge on any atom is -0.354 e. The number of amides is 2. The van der Waals surface area contributed by atoms with Crippen LogP contribution in [0.4, 0.5) is 4.39 Å². The lowest BCUT2D eigenvalue weighted by Gasteiger charge is -2.15. The molecule has 1 aliphatic rings. The van der Waals surface area contributed by atoms with E-state index in [-0.39, 0.29) is 23.4 Å². The number of benzene rings is 1. The molecule has 3 aromatic rings. The summed E-state index contributed by atoms with van der Waals surface area (Å²) in [6.45, 7) is 0.656. The summed E-state index contributed by atoms with van der Waals surface area (Å²) in [5.41, 5.74) is 1.78. The third-order valence-electron chi connectivity index (χ3n) is 4.70. The summed E-state index contributed by atoms with van der Waals surface area (Å²) in [6.07, 6.45) is 3.96. The molecule has 0 radical (unpaired) electrons. The van der Waals surface area contributed by atoms with Gasteiger partial charge in [0.25, 0.3) is 0 Å². The van der Waals surface area contributed by atoms with E-state index in [0.717, 1.165) is 34.2 Å². The summed E-state index contributed by atoms with van der Waals surface area (Å²) in [4.78, 5) is 33.9. The molecule has 0 spiro atoms. The smallest absolute Gasteiger partial charge is 0.242 e. The molecule has 1 saturated heterocycles. The second-order valence-corrected chi connectivity index (χ2v) is 8.53. The van der Waals surface area contributed by atoms with Gasteiger partial charge in [0.15, 0.2) is 0 Å². The minimum absolute atomic E-state index is 0.123. The van der Waals surface area contributed by atoms with Gasteiger partial charge < -0.3 is 10.6 Å². The summed E-state index contributed by atoms with van der Waals surface area (Å²) in [6, 6.07) is 5.79. The van der Waals surface area contributed by atoms with Crippen LogP contribution in [0, 0.1) is 5.82 Å². The summed E-state index contributed by atoms with van der Waals surface area (Å²) in [7, 11) is 0. The molecule has 2 aromatic heterocycles. The van der Waals surface area contributed by atoms with Crippen LogP contribution < -0.4 is 10.6 Å². The minimum atomic E-state index is -0.480. The number of carbonyl (C=O) groups is 2. The SMILES string of the molecule is O=C(CSc1ncnc2scc(-c3ccc(F)cc3)c12)N[C@H]1CCCCNC1=O. The van der Waals surface area contributed by atoms with E-state index < -0.39 is 6.04 Å². The maximum Gasteiger partial charge on any atom is 0.242 e. The van der Waals surface area contributed by atoms with E-state index in [2.05, 4.69) is 20.6 Å². The topological polar surface area (TPSA) is 84.0 Å². The Morgan fingerprint density at radius 3 is 2.93 bits per heavy atom. The number of halogens is 1. The van der Waals surface area contributed by atoms with Crippen LogP contribution in [0.2, 0.25) is 0 Å². The van der Waals surface area contributed by atoms with Gasteiger partial charge in [-0.1, -0.05) is 23.9 Å². The molecule has 6 nitrogen and oxygen atoms in total. The number of hydrogen-bond donors (Lipinski definition) is 2. The molecule has 2 amide bonds. The standard InChI is InChI=1S/C20H19FN4O2S2/c21-13-6-4-12(5-7-13)14-9-28-19-17(14)20(24-11-23-19)29-10-16(26)25-15-3-1-2-8-22-18(15)27/h4-7,9,11,15H,1-3,8,10H2,(H,22,27)(H,25,26)/t15-/m0/s1. The van der Waals surface area contributed by atoms with E-state index >= 15 is 0 Å². The highest BCUT2D eigenvalue weighted by Gasteiger charge is 2.22. The first-order valence-corrected chi connectivity index (χ1v) is 11.2. The highest BCUT2D eigenvalue weighted by atomic mass is 32.2. The molecule has 0 aliphatic carbocycles. The van der Waals surface area contributed by atoms with Crippen LogP contribution >= 0.6 is 23.1 Å². The van der Waals surface area contributed by atoms with Crippen molar-refractivity contribution in [2.24, 2.45) is 0 Å². The van der Waals surface area contributed by atoms with Crippen LogP contribution in [0.5, 0.6) is 0 Å². The van der Waals surface area contributed by atoms with Gasteiger partial charge in [0.2, 0.25) is 11.8 Å². The second kappa shape index (κ2) is 8.87. The van der Waals surface area contributed by atoms with Gasteiger partial charge in [-0.3, -0.25) is 9.59 Å². The molecule has 9 heteroatoms. The Morgan fingerprint density at radius 1 is 1.28 bits per heavy atom. The fraction of sp³-hybridized carbons (Fsp3) is 0.300. The molecule has 1 atom stereocenters. The van der Waals surface area contributed by atoms with E-state index in [9.17, 15) is 14.0 Å². The normalized spacial score (nSPS) is 17.0. The molecule has 1 fully saturated rings. The molecule has 1 aliphatic heterocycles. The molecule has 0 bridgehead atoms. The summed E-state index contributed by atoms with van der Waals surface area (Å²) < 4.78 is 13.3. The van der Waals surface area contributed by atoms with Crippen molar-refractivity contribution in [2.45, 2.75) is 30.3 Å². The molecule has 2 N–H and O–H groups in total. The van der Waals surface area contributed by atoms with Crippen LogP contribution in [0.1, 0.15) is 19.3 Å². The number of fused-ring (bicyclic) bond motifs is 1. The third kappa shape index (κ3) is 4.56. The van der Waals surface area contributed by atoms with Gasteiger partial charge in [0, 0.05) is 17.5 Å². The number of rotatable bonds is 5. The monoisotopic (exact) mass is 430 g/mol. The molecular weight excluding hydrogens is 411 g/mol. The maximum absolute atomic E-state index is 13.3. The highest BCUT2D eigenvalue weighted by molar-refractivity contribution is 8.00. The molecule has 0 unspecified atom stereocenters. The van der Waals surface area contributed by atoms with Crippen molar-refractivity contribution in [3.8, 4) is 11.1 Å². The summed E-state index contributed by atoms with van der Waals surface area (Å²) in [5.74, 6) is -0.475.